The van der Waals surface area contributed by atoms with E-state index >= 15 is 0 Å². The molecule has 0 amide bonds. The molecule has 1 rings (SSSR count). The molecule has 0 spiro atoms. The molecule has 194 valence electrons. The van der Waals surface area contributed by atoms with E-state index in [0.717, 1.165) is 10.5 Å². The number of sulfonamides is 2. The Bertz CT molecular complexity index is 915. The van der Waals surface area contributed by atoms with Gasteiger partial charge in [0.05, 0.1) is 0 Å². The number of halogens is 6. The van der Waals surface area contributed by atoms with E-state index in [4.69, 9.17) is 13.3 Å². The van der Waals surface area contributed by atoms with Crippen molar-refractivity contribution < 1.29 is 61.0 Å². The highest BCUT2D eigenvalue weighted by atomic mass is 32.3. The van der Waals surface area contributed by atoms with Gasteiger partial charge in [0.25, 0.3) is 0 Å². The number of rotatable bonds is 9. The molecule has 0 saturated heterocycles. The van der Waals surface area contributed by atoms with Gasteiger partial charge in [0, 0.05) is 33.0 Å². The zero-order valence-electron chi connectivity index (χ0n) is 18.1. The second-order valence-corrected chi connectivity index (χ2v) is 13.0. The van der Waals surface area contributed by atoms with Gasteiger partial charge in [0.1, 0.15) is 0 Å². The van der Waals surface area contributed by atoms with Crippen molar-refractivity contribution in [1.82, 2.24) is 0 Å². The summed E-state index contributed by atoms with van der Waals surface area (Å²) in [5, 5.41) is 0. The van der Waals surface area contributed by atoms with Crippen LogP contribution < -0.4 is 4.57 Å². The quantitative estimate of drug-likeness (QED) is 0.264. The number of nitrogens with zero attached hydrogens (tertiary/aromatic N) is 2. The van der Waals surface area contributed by atoms with Crippen molar-refractivity contribution in [1.29, 1.82) is 0 Å². The SMILES string of the molecule is CO[Si](C[n+]1cccc(CC(C)C)c1)(OC)OC.O=S(=O)([N-]S(=O)(=O)C(F)(F)F)C(F)(F)F. The van der Waals surface area contributed by atoms with E-state index in [1.165, 1.54) is 5.56 Å². The van der Waals surface area contributed by atoms with Gasteiger partial charge >= 0.3 is 19.8 Å². The van der Waals surface area contributed by atoms with E-state index in [1.807, 2.05) is 6.20 Å². The maximum absolute atomic E-state index is 11.4. The summed E-state index contributed by atoms with van der Waals surface area (Å²) in [6.07, 6.45) is 5.85. The summed E-state index contributed by atoms with van der Waals surface area (Å²) < 4.78 is 128. The summed E-state index contributed by atoms with van der Waals surface area (Å²) in [6.45, 7) is 4.44. The molecule has 0 aliphatic heterocycles. The van der Waals surface area contributed by atoms with Crippen LogP contribution in [-0.2, 0) is 45.9 Å². The Morgan fingerprint density at radius 1 is 0.939 bits per heavy atom. The van der Waals surface area contributed by atoms with Crippen molar-refractivity contribution in [3.8, 4) is 0 Å². The average molecular weight is 551 g/mol. The van der Waals surface area contributed by atoms with E-state index in [-0.39, 0.29) is 0 Å². The third-order valence-electron chi connectivity index (χ3n) is 3.65. The highest BCUT2D eigenvalue weighted by molar-refractivity contribution is 8.13. The molecule has 0 saturated carbocycles. The summed E-state index contributed by atoms with van der Waals surface area (Å²) >= 11 is 0. The monoisotopic (exact) mass is 550 g/mol. The Kier molecular flexibility index (Phi) is 11.4. The lowest BCUT2D eigenvalue weighted by atomic mass is 10.1. The Balaban J connectivity index is 0.000000633. The number of hydrogen-bond acceptors (Lipinski definition) is 7. The largest absolute Gasteiger partial charge is 0.569 e. The number of aromatic nitrogens is 1. The summed E-state index contributed by atoms with van der Waals surface area (Å²) in [5.74, 6) is 0.648. The third-order valence-corrected chi connectivity index (χ3v) is 9.01. The van der Waals surface area contributed by atoms with E-state index in [0.29, 0.717) is 12.1 Å². The van der Waals surface area contributed by atoms with Crippen molar-refractivity contribution in [3.63, 3.8) is 0 Å². The first-order valence-corrected chi connectivity index (χ1v) is 13.6. The van der Waals surface area contributed by atoms with Gasteiger partial charge in [-0.2, -0.15) is 30.9 Å². The van der Waals surface area contributed by atoms with Crippen LogP contribution in [-0.4, -0.2) is 58.0 Å². The van der Waals surface area contributed by atoms with Gasteiger partial charge in [-0.1, -0.05) is 13.8 Å². The molecule has 0 aliphatic rings. The van der Waals surface area contributed by atoms with Gasteiger partial charge in [-0.3, -0.25) is 0 Å². The van der Waals surface area contributed by atoms with Crippen LogP contribution in [0.3, 0.4) is 0 Å². The molecule has 0 fully saturated rings. The lowest BCUT2D eigenvalue weighted by Gasteiger charge is -2.22. The van der Waals surface area contributed by atoms with E-state index in [1.54, 1.807) is 21.3 Å². The lowest BCUT2D eigenvalue weighted by molar-refractivity contribution is -0.685. The minimum atomic E-state index is -6.72. The maximum atomic E-state index is 11.4. The van der Waals surface area contributed by atoms with Gasteiger partial charge in [0.15, 0.2) is 32.4 Å². The molecule has 1 aromatic rings. The molecule has 1 aromatic heterocycles. The van der Waals surface area contributed by atoms with Crippen LogP contribution in [0.25, 0.3) is 4.13 Å². The predicted octanol–water partition coefficient (Wildman–Crippen LogP) is 2.65. The Hall–Kier alpha value is -1.31. The molecular formula is C15H24F6N2O7S2Si. The molecule has 0 aliphatic carbocycles. The van der Waals surface area contributed by atoms with Crippen molar-refractivity contribution >= 4 is 28.9 Å². The maximum Gasteiger partial charge on any atom is 0.569 e. The van der Waals surface area contributed by atoms with Gasteiger partial charge < -0.3 is 17.4 Å². The molecule has 1 heterocycles. The van der Waals surface area contributed by atoms with Crippen LogP contribution >= 0.6 is 0 Å². The highest BCUT2D eigenvalue weighted by Gasteiger charge is 2.47. The normalized spacial score (nSPS) is 13.6. The Morgan fingerprint density at radius 3 is 1.70 bits per heavy atom. The molecule has 0 N–H and O–H groups in total. The average Bonchev–Trinajstić information content (AvgIpc) is 2.64. The minimum absolute atomic E-state index is 0.627. The van der Waals surface area contributed by atoms with Crippen molar-refractivity contribution in [2.75, 3.05) is 21.3 Å². The second-order valence-electron chi connectivity index (χ2n) is 6.69. The van der Waals surface area contributed by atoms with Gasteiger partial charge in [-0.25, -0.2) is 16.8 Å². The molecular weight excluding hydrogens is 526 g/mol. The predicted molar refractivity (Wildman–Crippen MR) is 105 cm³/mol. The molecule has 18 heteroatoms. The standard InChI is InChI=1S/C13H24NO3Si.C2F6NO4S2/c1-12(2)9-13-7-6-8-14(10-13)11-18(15-3,16-4)17-5;3-1(4,5)14(10,11)9-15(12,13)2(6,7)8/h6-8,10,12H,9,11H2,1-5H3;/q+1;-1. The zero-order chi connectivity index (χ0) is 26.3. The van der Waals surface area contributed by atoms with E-state index in [2.05, 4.69) is 36.7 Å². The Morgan fingerprint density at radius 2 is 1.36 bits per heavy atom. The lowest BCUT2D eigenvalue weighted by Crippen LogP contribution is -2.56. The van der Waals surface area contributed by atoms with Gasteiger partial charge in [0.2, 0.25) is 6.17 Å². The fourth-order valence-electron chi connectivity index (χ4n) is 2.15. The van der Waals surface area contributed by atoms with Gasteiger partial charge in [-0.05, 0) is 18.4 Å². The van der Waals surface area contributed by atoms with E-state index in [9.17, 15) is 43.2 Å². The first kappa shape index (κ1) is 31.7. The topological polar surface area (TPSA) is 114 Å². The Labute approximate surface area is 189 Å². The van der Waals surface area contributed by atoms with Crippen LogP contribution in [0, 0.1) is 5.92 Å². The summed E-state index contributed by atoms with van der Waals surface area (Å²) in [7, 11) is -11.1. The molecule has 0 aromatic carbocycles. The molecule has 0 unspecified atom stereocenters. The van der Waals surface area contributed by atoms with Crippen LogP contribution in [0.15, 0.2) is 24.5 Å². The van der Waals surface area contributed by atoms with Crippen molar-refractivity contribution in [3.05, 3.63) is 34.2 Å². The minimum Gasteiger partial charge on any atom is -0.421 e. The molecule has 0 bridgehead atoms. The zero-order valence-corrected chi connectivity index (χ0v) is 20.8. The van der Waals surface area contributed by atoms with Crippen LogP contribution in [0.4, 0.5) is 26.3 Å². The fourth-order valence-corrected chi connectivity index (χ4v) is 5.39. The molecule has 33 heavy (non-hydrogen) atoms. The summed E-state index contributed by atoms with van der Waals surface area (Å²) in [5.41, 5.74) is -11.1. The molecule has 0 atom stereocenters. The molecule has 0 radical (unpaired) electrons. The van der Waals surface area contributed by atoms with Crippen LogP contribution in [0.2, 0.25) is 0 Å². The summed E-state index contributed by atoms with van der Waals surface area (Å²) in [6, 6.07) is 4.20. The van der Waals surface area contributed by atoms with Crippen molar-refractivity contribution in [2.45, 2.75) is 37.5 Å². The molecule has 9 nitrogen and oxygen atoms in total. The number of pyridine rings is 1. The van der Waals surface area contributed by atoms with Gasteiger partial charge in [-0.15, -0.1) is 0 Å². The highest BCUT2D eigenvalue weighted by Crippen LogP contribution is 2.36. The van der Waals surface area contributed by atoms with Crippen LogP contribution in [0.1, 0.15) is 19.4 Å². The van der Waals surface area contributed by atoms with Crippen LogP contribution in [0.5, 0.6) is 0 Å². The first-order valence-electron chi connectivity index (χ1n) is 8.76. The van der Waals surface area contributed by atoms with E-state index < -0.39 is 39.9 Å². The second kappa shape index (κ2) is 11.9. The number of alkyl halides is 6. The first-order chi connectivity index (χ1) is 14.8. The van der Waals surface area contributed by atoms with Crippen molar-refractivity contribution in [2.24, 2.45) is 5.92 Å². The third kappa shape index (κ3) is 9.83. The summed E-state index contributed by atoms with van der Waals surface area (Å²) in [4.78, 5) is 0. The smallest absolute Gasteiger partial charge is 0.421 e. The fraction of sp³-hybridized carbons (Fsp3) is 0.667. The number of hydrogen-bond donors (Lipinski definition) is 0.